The second kappa shape index (κ2) is 20.7. The summed E-state index contributed by atoms with van der Waals surface area (Å²) in [6.45, 7) is 4.15. The summed E-state index contributed by atoms with van der Waals surface area (Å²) >= 11 is 8.12. The second-order valence-corrected chi connectivity index (χ2v) is 11.7. The van der Waals surface area contributed by atoms with Crippen LogP contribution >= 0.6 is 22.9 Å². The van der Waals surface area contributed by atoms with Gasteiger partial charge in [-0.3, -0.25) is 4.90 Å². The molecule has 226 valence electrons. The molecule has 2 aromatic carbocycles. The summed E-state index contributed by atoms with van der Waals surface area (Å²) in [5.74, 6) is 0.683. The van der Waals surface area contributed by atoms with Crippen molar-refractivity contribution >= 4 is 34.7 Å². The zero-order valence-electron chi connectivity index (χ0n) is 24.8. The van der Waals surface area contributed by atoms with E-state index < -0.39 is 0 Å². The molecule has 0 saturated carbocycles. The van der Waals surface area contributed by atoms with E-state index in [0.29, 0.717) is 23.9 Å². The van der Waals surface area contributed by atoms with E-state index in [9.17, 15) is 4.79 Å². The van der Waals surface area contributed by atoms with E-state index >= 15 is 0 Å². The molecule has 0 bridgehead atoms. The molecule has 8 heteroatoms. The number of carbonyl (C=O) groups is 1. The summed E-state index contributed by atoms with van der Waals surface area (Å²) in [6, 6.07) is 13.8. The van der Waals surface area contributed by atoms with Crippen molar-refractivity contribution in [1.29, 1.82) is 0 Å². The maximum atomic E-state index is 12.8. The van der Waals surface area contributed by atoms with Gasteiger partial charge in [0, 0.05) is 18.3 Å². The summed E-state index contributed by atoms with van der Waals surface area (Å²) in [6.07, 6.45) is 17.9. The van der Waals surface area contributed by atoms with Gasteiger partial charge < -0.3 is 27.0 Å². The van der Waals surface area contributed by atoms with Crippen molar-refractivity contribution < 1.29 is 31.1 Å². The quantitative estimate of drug-likeness (QED) is 0.123. The standard InChI is InChI=1S/C33H46ClN3O2S.BrH/c1-3-4-5-6-7-8-9-10-11-12-13-14-22-39-32-24-29(17-20-31(32)34)26-37(33(38)35-2)30-18-15-28(16-19-30)25-36-21-23-40-27-36;/h15-21,23-24,27H,3-14,22,25-26H2,1-2H3;1H. The predicted molar refractivity (Wildman–Crippen MR) is 169 cm³/mol. The molecule has 0 saturated heterocycles. The molecule has 0 aliphatic carbocycles. The number of nitrogens with zero attached hydrogens (tertiary/aromatic N) is 2. The van der Waals surface area contributed by atoms with Gasteiger partial charge in [-0.05, 0) is 36.2 Å². The van der Waals surface area contributed by atoms with Crippen LogP contribution in [0.15, 0.2) is 59.6 Å². The van der Waals surface area contributed by atoms with Gasteiger partial charge in [-0.15, -0.1) is 0 Å². The predicted octanol–water partition coefficient (Wildman–Crippen LogP) is 6.17. The molecule has 1 N–H and O–H groups in total. The van der Waals surface area contributed by atoms with Gasteiger partial charge in [-0.2, -0.15) is 4.57 Å². The molecular weight excluding hydrogens is 618 g/mol. The van der Waals surface area contributed by atoms with Crippen molar-refractivity contribution in [1.82, 2.24) is 5.32 Å². The Kier molecular flexibility index (Phi) is 17.8. The van der Waals surface area contributed by atoms with Crippen molar-refractivity contribution in [2.75, 3.05) is 18.6 Å². The first-order chi connectivity index (χ1) is 19.6. The minimum atomic E-state index is -0.158. The van der Waals surface area contributed by atoms with Crippen LogP contribution in [0, 0.1) is 0 Å². The van der Waals surface area contributed by atoms with Gasteiger partial charge in [-0.1, -0.05) is 119 Å². The molecule has 1 aromatic heterocycles. The largest absolute Gasteiger partial charge is 1.00 e. The third-order valence-electron chi connectivity index (χ3n) is 7.19. The van der Waals surface area contributed by atoms with E-state index in [-0.39, 0.29) is 23.0 Å². The molecule has 41 heavy (non-hydrogen) atoms. The lowest BCUT2D eigenvalue weighted by Crippen LogP contribution is -3.00. The van der Waals surface area contributed by atoms with Gasteiger partial charge in [0.1, 0.15) is 5.75 Å². The van der Waals surface area contributed by atoms with Crippen LogP contribution in [0.4, 0.5) is 10.5 Å². The highest BCUT2D eigenvalue weighted by molar-refractivity contribution is 7.07. The van der Waals surface area contributed by atoms with Crippen LogP contribution < -0.4 is 36.5 Å². The number of thiazole rings is 1. The number of carbonyl (C=O) groups excluding carboxylic acids is 1. The normalized spacial score (nSPS) is 10.7. The first-order valence-electron chi connectivity index (χ1n) is 15.0. The molecule has 2 amide bonds. The molecule has 0 spiro atoms. The van der Waals surface area contributed by atoms with Gasteiger partial charge in [0.25, 0.3) is 0 Å². The van der Waals surface area contributed by atoms with Crippen molar-refractivity contribution in [3.05, 3.63) is 75.7 Å². The Morgan fingerprint density at radius 2 is 1.51 bits per heavy atom. The van der Waals surface area contributed by atoms with E-state index in [1.165, 1.54) is 76.2 Å². The van der Waals surface area contributed by atoms with E-state index in [1.807, 2.05) is 30.3 Å². The fourth-order valence-electron chi connectivity index (χ4n) is 4.82. The Morgan fingerprint density at radius 3 is 2.10 bits per heavy atom. The molecule has 0 radical (unpaired) electrons. The Hall–Kier alpha value is -2.09. The molecule has 3 aromatic rings. The van der Waals surface area contributed by atoms with Gasteiger partial charge in [-0.25, -0.2) is 4.79 Å². The average molecular weight is 665 g/mol. The van der Waals surface area contributed by atoms with Crippen LogP contribution in [0.1, 0.15) is 95.1 Å². The molecule has 1 heterocycles. The van der Waals surface area contributed by atoms with Crippen LogP contribution in [-0.4, -0.2) is 19.7 Å². The number of rotatable bonds is 19. The highest BCUT2D eigenvalue weighted by atomic mass is 79.9. The van der Waals surface area contributed by atoms with Crippen LogP contribution in [0.2, 0.25) is 5.02 Å². The van der Waals surface area contributed by atoms with Gasteiger partial charge in [0.15, 0.2) is 12.7 Å². The number of aromatic nitrogens is 1. The Morgan fingerprint density at radius 1 is 0.902 bits per heavy atom. The van der Waals surface area contributed by atoms with E-state index in [2.05, 4.69) is 46.0 Å². The zero-order valence-corrected chi connectivity index (χ0v) is 27.9. The molecular formula is C33H47BrClN3O2S. The number of anilines is 1. The number of hydrogen-bond donors (Lipinski definition) is 1. The third kappa shape index (κ3) is 13.2. The van der Waals surface area contributed by atoms with Crippen LogP contribution in [0.25, 0.3) is 0 Å². The lowest BCUT2D eigenvalue weighted by Gasteiger charge is -2.23. The van der Waals surface area contributed by atoms with Crippen molar-refractivity contribution in [3.63, 3.8) is 0 Å². The first kappa shape index (κ1) is 35.1. The van der Waals surface area contributed by atoms with E-state index in [0.717, 1.165) is 24.2 Å². The average Bonchev–Trinajstić information content (AvgIpc) is 3.49. The summed E-state index contributed by atoms with van der Waals surface area (Å²) in [7, 11) is 1.65. The molecule has 0 aliphatic rings. The fourth-order valence-corrected chi connectivity index (χ4v) is 5.59. The molecule has 0 fully saturated rings. The number of halogens is 2. The summed E-state index contributed by atoms with van der Waals surface area (Å²) in [5.41, 5.74) is 5.08. The molecule has 0 atom stereocenters. The lowest BCUT2D eigenvalue weighted by atomic mass is 10.1. The van der Waals surface area contributed by atoms with Crippen molar-refractivity contribution in [3.8, 4) is 5.75 Å². The topological polar surface area (TPSA) is 45.5 Å². The Labute approximate surface area is 267 Å². The molecule has 3 rings (SSSR count). The summed E-state index contributed by atoms with van der Waals surface area (Å²) < 4.78 is 8.20. The highest BCUT2D eigenvalue weighted by Crippen LogP contribution is 2.28. The minimum Gasteiger partial charge on any atom is -1.00 e. The number of urea groups is 1. The number of hydrogen-bond acceptors (Lipinski definition) is 3. The summed E-state index contributed by atoms with van der Waals surface area (Å²) in [5, 5.41) is 5.43. The number of ether oxygens (including phenoxy) is 1. The number of unbranched alkanes of at least 4 members (excludes halogenated alkanes) is 11. The van der Waals surface area contributed by atoms with Gasteiger partial charge >= 0.3 is 6.03 Å². The van der Waals surface area contributed by atoms with Crippen LogP contribution in [0.3, 0.4) is 0 Å². The van der Waals surface area contributed by atoms with Crippen LogP contribution in [0.5, 0.6) is 5.75 Å². The van der Waals surface area contributed by atoms with Gasteiger partial charge in [0.2, 0.25) is 5.51 Å². The molecule has 0 aliphatic heterocycles. The minimum absolute atomic E-state index is 0. The van der Waals surface area contributed by atoms with E-state index in [1.54, 1.807) is 23.3 Å². The number of benzene rings is 2. The molecule has 0 unspecified atom stereocenters. The maximum absolute atomic E-state index is 12.8. The smallest absolute Gasteiger partial charge is 0.321 e. The van der Waals surface area contributed by atoms with E-state index in [4.69, 9.17) is 16.3 Å². The van der Waals surface area contributed by atoms with Crippen LogP contribution in [-0.2, 0) is 13.1 Å². The third-order valence-corrected chi connectivity index (χ3v) is 8.17. The number of amides is 2. The lowest BCUT2D eigenvalue weighted by molar-refractivity contribution is -0.683. The Balaban J connectivity index is 0.00000588. The maximum Gasteiger partial charge on any atom is 0.321 e. The SMILES string of the molecule is CCCCCCCCCCCCCCOc1cc(CN(C(=O)NC)c2ccc(C[n+]3ccsc3)cc2)ccc1Cl.[Br-]. The van der Waals surface area contributed by atoms with Crippen molar-refractivity contribution in [2.45, 2.75) is 97.1 Å². The second-order valence-electron chi connectivity index (χ2n) is 10.5. The monoisotopic (exact) mass is 663 g/mol. The highest BCUT2D eigenvalue weighted by Gasteiger charge is 2.16. The van der Waals surface area contributed by atoms with Gasteiger partial charge in [0.05, 0.1) is 23.6 Å². The summed E-state index contributed by atoms with van der Waals surface area (Å²) in [4.78, 5) is 14.5. The molecule has 5 nitrogen and oxygen atoms in total. The Bertz CT molecular complexity index is 1110. The first-order valence-corrected chi connectivity index (χ1v) is 16.3. The number of nitrogens with one attached hydrogen (secondary N) is 1. The fraction of sp³-hybridized carbons (Fsp3) is 0.515. The zero-order chi connectivity index (χ0) is 28.4. The van der Waals surface area contributed by atoms with Crippen molar-refractivity contribution in [2.24, 2.45) is 0 Å².